The summed E-state index contributed by atoms with van der Waals surface area (Å²) in [5.74, 6) is -0.208. The molecule has 0 amide bonds. The molecule has 0 heterocycles. The molecule has 2 nitrogen and oxygen atoms in total. The highest BCUT2D eigenvalue weighted by Gasteiger charge is 2.11. The van der Waals surface area contributed by atoms with Crippen molar-refractivity contribution in [3.05, 3.63) is 12.7 Å². The molecule has 0 bridgehead atoms. The summed E-state index contributed by atoms with van der Waals surface area (Å²) >= 11 is 0. The van der Waals surface area contributed by atoms with Gasteiger partial charge >= 0.3 is 5.97 Å². The first-order chi connectivity index (χ1) is 5.11. The molecule has 0 spiro atoms. The smallest absolute Gasteiger partial charge is 0.308 e. The Morgan fingerprint density at radius 1 is 1.64 bits per heavy atom. The monoisotopic (exact) mass is 156 g/mol. The molecular formula is C9H16O2. The molecule has 0 unspecified atom stereocenters. The van der Waals surface area contributed by atoms with E-state index in [4.69, 9.17) is 4.74 Å². The van der Waals surface area contributed by atoms with Crippen LogP contribution in [-0.4, -0.2) is 12.1 Å². The molecule has 0 aromatic rings. The van der Waals surface area contributed by atoms with Crippen molar-refractivity contribution in [3.8, 4) is 0 Å². The molecule has 11 heavy (non-hydrogen) atoms. The first-order valence-electron chi connectivity index (χ1n) is 3.94. The largest absolute Gasteiger partial charge is 0.458 e. The minimum absolute atomic E-state index is 0.0519. The van der Waals surface area contributed by atoms with Crippen molar-refractivity contribution in [1.82, 2.24) is 0 Å². The maximum Gasteiger partial charge on any atom is 0.308 e. The number of rotatable bonds is 4. The second-order valence-electron chi connectivity index (χ2n) is 2.77. The van der Waals surface area contributed by atoms with Crippen molar-refractivity contribution in [2.24, 2.45) is 5.92 Å². The van der Waals surface area contributed by atoms with Crippen LogP contribution < -0.4 is 0 Å². The van der Waals surface area contributed by atoms with Crippen molar-refractivity contribution in [3.63, 3.8) is 0 Å². The number of carbonyl (C=O) groups is 1. The van der Waals surface area contributed by atoms with Crippen molar-refractivity contribution >= 4 is 5.97 Å². The molecule has 0 saturated heterocycles. The quantitative estimate of drug-likeness (QED) is 0.460. The van der Waals surface area contributed by atoms with Gasteiger partial charge < -0.3 is 4.74 Å². The summed E-state index contributed by atoms with van der Waals surface area (Å²) in [6.07, 6.45) is 2.33. The zero-order valence-corrected chi connectivity index (χ0v) is 7.46. The first kappa shape index (κ1) is 10.2. The lowest BCUT2D eigenvalue weighted by molar-refractivity contribution is -0.150. The van der Waals surface area contributed by atoms with E-state index in [-0.39, 0.29) is 18.0 Å². The van der Waals surface area contributed by atoms with Gasteiger partial charge in [0.1, 0.15) is 6.10 Å². The summed E-state index contributed by atoms with van der Waals surface area (Å²) in [4.78, 5) is 11.0. The van der Waals surface area contributed by atoms with Gasteiger partial charge in [0.15, 0.2) is 0 Å². The predicted octanol–water partition coefficient (Wildman–Crippen LogP) is 2.15. The molecule has 0 saturated carbocycles. The normalized spacial score (nSPS) is 12.7. The number of carbonyl (C=O) groups excluding carboxylic acids is 1. The molecule has 0 aromatic heterocycles. The van der Waals surface area contributed by atoms with Gasteiger partial charge in [-0.3, -0.25) is 4.79 Å². The van der Waals surface area contributed by atoms with Crippen molar-refractivity contribution < 1.29 is 9.53 Å². The minimum atomic E-state index is -0.156. The lowest BCUT2D eigenvalue weighted by atomic mass is 10.2. The van der Waals surface area contributed by atoms with Gasteiger partial charge in [-0.15, -0.1) is 0 Å². The molecule has 0 aliphatic rings. The SMILES string of the molecule is C=C[C@H](CC)OC(=O)C(C)C. The van der Waals surface area contributed by atoms with Crippen LogP contribution in [0.5, 0.6) is 0 Å². The van der Waals surface area contributed by atoms with Crippen LogP contribution in [0.2, 0.25) is 0 Å². The molecule has 0 fully saturated rings. The molecule has 2 heteroatoms. The van der Waals surface area contributed by atoms with E-state index >= 15 is 0 Å². The van der Waals surface area contributed by atoms with Gasteiger partial charge in [0.25, 0.3) is 0 Å². The number of esters is 1. The second kappa shape index (κ2) is 4.94. The average molecular weight is 156 g/mol. The van der Waals surface area contributed by atoms with E-state index in [0.29, 0.717) is 0 Å². The number of ether oxygens (including phenoxy) is 1. The Hall–Kier alpha value is -0.790. The summed E-state index contributed by atoms with van der Waals surface area (Å²) in [7, 11) is 0. The van der Waals surface area contributed by atoms with E-state index in [1.165, 1.54) is 0 Å². The van der Waals surface area contributed by atoms with Crippen LogP contribution in [0.4, 0.5) is 0 Å². The molecular weight excluding hydrogens is 140 g/mol. The molecule has 1 atom stereocenters. The summed E-state index contributed by atoms with van der Waals surface area (Å²) < 4.78 is 5.05. The Balaban J connectivity index is 3.81. The van der Waals surface area contributed by atoms with Crippen molar-refractivity contribution in [2.45, 2.75) is 33.3 Å². The fourth-order valence-electron chi connectivity index (χ4n) is 0.583. The summed E-state index contributed by atoms with van der Waals surface area (Å²) in [5, 5.41) is 0. The molecule has 0 N–H and O–H groups in total. The molecule has 0 aliphatic carbocycles. The lowest BCUT2D eigenvalue weighted by Gasteiger charge is -2.12. The van der Waals surface area contributed by atoms with E-state index < -0.39 is 0 Å². The molecule has 0 radical (unpaired) electrons. The molecule has 0 aromatic carbocycles. The maximum atomic E-state index is 11.0. The van der Waals surface area contributed by atoms with Gasteiger partial charge in [0.05, 0.1) is 5.92 Å². The number of hydrogen-bond acceptors (Lipinski definition) is 2. The highest BCUT2D eigenvalue weighted by molar-refractivity contribution is 5.71. The Kier molecular flexibility index (Phi) is 4.59. The van der Waals surface area contributed by atoms with Crippen LogP contribution in [0.1, 0.15) is 27.2 Å². The van der Waals surface area contributed by atoms with Gasteiger partial charge in [-0.05, 0) is 6.42 Å². The second-order valence-corrected chi connectivity index (χ2v) is 2.77. The van der Waals surface area contributed by atoms with Gasteiger partial charge in [-0.25, -0.2) is 0 Å². The highest BCUT2D eigenvalue weighted by Crippen LogP contribution is 2.04. The van der Waals surface area contributed by atoms with Crippen LogP contribution in [0.3, 0.4) is 0 Å². The first-order valence-corrected chi connectivity index (χ1v) is 3.94. The molecule has 64 valence electrons. The zero-order valence-electron chi connectivity index (χ0n) is 7.46. The van der Waals surface area contributed by atoms with Gasteiger partial charge in [0, 0.05) is 0 Å². The average Bonchev–Trinajstić information content (AvgIpc) is 1.99. The third-order valence-corrected chi connectivity index (χ3v) is 1.40. The topological polar surface area (TPSA) is 26.3 Å². The van der Waals surface area contributed by atoms with Crippen molar-refractivity contribution in [1.29, 1.82) is 0 Å². The third kappa shape index (κ3) is 3.81. The van der Waals surface area contributed by atoms with Crippen LogP contribution >= 0.6 is 0 Å². The summed E-state index contributed by atoms with van der Waals surface area (Å²) in [6, 6.07) is 0. The van der Waals surface area contributed by atoms with Crippen molar-refractivity contribution in [2.75, 3.05) is 0 Å². The Morgan fingerprint density at radius 2 is 2.18 bits per heavy atom. The molecule has 0 rings (SSSR count). The standard InChI is InChI=1S/C9H16O2/c1-5-8(6-2)11-9(10)7(3)4/h5,7-8H,1,6H2,2-4H3/t8-/m1/s1. The highest BCUT2D eigenvalue weighted by atomic mass is 16.5. The van der Waals surface area contributed by atoms with Crippen LogP contribution in [0.25, 0.3) is 0 Å². The summed E-state index contributed by atoms with van der Waals surface area (Å²) in [6.45, 7) is 9.16. The van der Waals surface area contributed by atoms with E-state index in [9.17, 15) is 4.79 Å². The zero-order chi connectivity index (χ0) is 8.85. The predicted molar refractivity (Wildman–Crippen MR) is 45.2 cm³/mol. The summed E-state index contributed by atoms with van der Waals surface area (Å²) in [5.41, 5.74) is 0. The van der Waals surface area contributed by atoms with E-state index in [2.05, 4.69) is 6.58 Å². The lowest BCUT2D eigenvalue weighted by Crippen LogP contribution is -2.18. The van der Waals surface area contributed by atoms with Gasteiger partial charge in [-0.1, -0.05) is 33.4 Å². The number of hydrogen-bond donors (Lipinski definition) is 0. The van der Waals surface area contributed by atoms with E-state index in [1.54, 1.807) is 6.08 Å². The maximum absolute atomic E-state index is 11.0. The van der Waals surface area contributed by atoms with E-state index in [1.807, 2.05) is 20.8 Å². The minimum Gasteiger partial charge on any atom is -0.458 e. The van der Waals surface area contributed by atoms with Crippen LogP contribution in [-0.2, 0) is 9.53 Å². The van der Waals surface area contributed by atoms with Crippen LogP contribution in [0.15, 0.2) is 12.7 Å². The van der Waals surface area contributed by atoms with E-state index in [0.717, 1.165) is 6.42 Å². The van der Waals surface area contributed by atoms with Gasteiger partial charge in [0.2, 0.25) is 0 Å². The van der Waals surface area contributed by atoms with Gasteiger partial charge in [-0.2, -0.15) is 0 Å². The Bertz CT molecular complexity index is 138. The Morgan fingerprint density at radius 3 is 2.45 bits per heavy atom. The van der Waals surface area contributed by atoms with Crippen LogP contribution in [0, 0.1) is 5.92 Å². The third-order valence-electron chi connectivity index (χ3n) is 1.40. The fourth-order valence-corrected chi connectivity index (χ4v) is 0.583. The fraction of sp³-hybridized carbons (Fsp3) is 0.667. The molecule has 0 aliphatic heterocycles. The Labute approximate surface area is 68.2 Å².